The SMILES string of the molecule is CCn1c(=O)n(C2CCC(=O)NC2=O)c2cccc(CCN3CCN(C4CCN(c5cc(OC)c(Nc6ncc(Br)c(Nc7ccc8nccnc8c7NSC)n6)cc5C)CC4)CC3)c21. The summed E-state index contributed by atoms with van der Waals surface area (Å²) in [5.41, 5.74) is 8.80. The van der Waals surface area contributed by atoms with Crippen molar-refractivity contribution >= 4 is 96.3 Å². The largest absolute Gasteiger partial charge is 0.494 e. The highest BCUT2D eigenvalue weighted by molar-refractivity contribution is 9.10. The van der Waals surface area contributed by atoms with Crippen LogP contribution in [0.25, 0.3) is 22.1 Å². The smallest absolute Gasteiger partial charge is 0.329 e. The third kappa shape index (κ3) is 9.10. The summed E-state index contributed by atoms with van der Waals surface area (Å²) in [6.07, 6.45) is 10.6. The van der Waals surface area contributed by atoms with Crippen LogP contribution in [0.2, 0.25) is 0 Å². The molecular weight excluding hydrogens is 911 g/mol. The number of piperidine rings is 2. The minimum Gasteiger partial charge on any atom is -0.494 e. The summed E-state index contributed by atoms with van der Waals surface area (Å²) in [4.78, 5) is 64.4. The average molecular weight is 965 g/mol. The molecule has 0 aliphatic carbocycles. The number of piperazine rings is 1. The van der Waals surface area contributed by atoms with Crippen molar-refractivity contribution in [1.29, 1.82) is 0 Å². The van der Waals surface area contributed by atoms with Crippen molar-refractivity contribution in [3.8, 4) is 5.75 Å². The molecule has 0 bridgehead atoms. The van der Waals surface area contributed by atoms with E-state index in [0.717, 1.165) is 115 Å². The number of imidazole rings is 1. The first-order valence-corrected chi connectivity index (χ1v) is 24.2. The number of carbonyl (C=O) groups excluding carboxylic acids is 2. The van der Waals surface area contributed by atoms with Gasteiger partial charge in [-0.05, 0) is 90.9 Å². The highest BCUT2D eigenvalue weighted by Gasteiger charge is 2.33. The third-order valence-corrected chi connectivity index (χ3v) is 13.9. The van der Waals surface area contributed by atoms with Crippen LogP contribution in [0.1, 0.15) is 49.8 Å². The quantitative estimate of drug-likeness (QED) is 0.0676. The highest BCUT2D eigenvalue weighted by atomic mass is 79.9. The molecule has 1 unspecified atom stereocenters. The zero-order valence-electron chi connectivity index (χ0n) is 37.1. The normalized spacial score (nSPS) is 17.7. The lowest BCUT2D eigenvalue weighted by Crippen LogP contribution is -2.53. The summed E-state index contributed by atoms with van der Waals surface area (Å²) in [6, 6.07) is 14.0. The molecule has 17 nitrogen and oxygen atoms in total. The van der Waals surface area contributed by atoms with Gasteiger partial charge in [0, 0.05) is 101 Å². The number of fused-ring (bicyclic) bond motifs is 2. The fraction of sp³-hybridized carbons (Fsp3) is 0.413. The van der Waals surface area contributed by atoms with Crippen molar-refractivity contribution in [1.82, 2.24) is 44.2 Å². The maximum atomic E-state index is 13.6. The molecule has 3 aromatic heterocycles. The predicted octanol–water partition coefficient (Wildman–Crippen LogP) is 6.62. The van der Waals surface area contributed by atoms with E-state index in [2.05, 4.69) is 91.4 Å². The van der Waals surface area contributed by atoms with Crippen LogP contribution in [0, 0.1) is 6.92 Å². The summed E-state index contributed by atoms with van der Waals surface area (Å²) >= 11 is 5.10. The Bertz CT molecular complexity index is 2800. The Morgan fingerprint density at radius 1 is 0.938 bits per heavy atom. The maximum absolute atomic E-state index is 13.6. The summed E-state index contributed by atoms with van der Waals surface area (Å²) < 4.78 is 13.4. The van der Waals surface area contributed by atoms with Gasteiger partial charge in [-0.25, -0.2) is 9.78 Å². The van der Waals surface area contributed by atoms with E-state index in [-0.39, 0.29) is 18.0 Å². The molecule has 0 saturated carbocycles. The van der Waals surface area contributed by atoms with Gasteiger partial charge in [-0.1, -0.05) is 24.1 Å². The van der Waals surface area contributed by atoms with Crippen molar-refractivity contribution in [3.05, 3.63) is 87.1 Å². The summed E-state index contributed by atoms with van der Waals surface area (Å²) in [6.45, 7) is 11.4. The van der Waals surface area contributed by atoms with Crippen LogP contribution in [-0.2, 0) is 22.6 Å². The number of aryl methyl sites for hydroxylation is 2. The topological polar surface area (TPSA) is 180 Å². The third-order valence-electron chi connectivity index (χ3n) is 12.9. The molecule has 65 heavy (non-hydrogen) atoms. The predicted molar refractivity (Wildman–Crippen MR) is 261 cm³/mol. The Morgan fingerprint density at radius 2 is 1.74 bits per heavy atom. The van der Waals surface area contributed by atoms with Gasteiger partial charge in [-0.3, -0.25) is 38.9 Å². The number of anilines is 6. The molecule has 0 spiro atoms. The van der Waals surface area contributed by atoms with E-state index in [0.29, 0.717) is 41.0 Å². The van der Waals surface area contributed by atoms with Gasteiger partial charge >= 0.3 is 5.69 Å². The lowest BCUT2D eigenvalue weighted by molar-refractivity contribution is -0.135. The number of amides is 2. The number of aromatic nitrogens is 6. The van der Waals surface area contributed by atoms with Crippen LogP contribution >= 0.6 is 27.9 Å². The fourth-order valence-corrected chi connectivity index (χ4v) is 10.3. The van der Waals surface area contributed by atoms with Crippen LogP contribution in [0.3, 0.4) is 0 Å². The molecule has 3 saturated heterocycles. The van der Waals surface area contributed by atoms with Crippen LogP contribution in [0.5, 0.6) is 5.75 Å². The van der Waals surface area contributed by atoms with Gasteiger partial charge in [-0.15, -0.1) is 0 Å². The molecule has 4 N–H and O–H groups in total. The molecule has 6 aromatic rings. The van der Waals surface area contributed by atoms with E-state index >= 15 is 0 Å². The second-order valence-electron chi connectivity index (χ2n) is 16.7. The van der Waals surface area contributed by atoms with E-state index in [1.54, 1.807) is 34.8 Å². The summed E-state index contributed by atoms with van der Waals surface area (Å²) in [5, 5.41) is 9.27. The molecule has 9 rings (SSSR count). The second kappa shape index (κ2) is 19.4. The number of imide groups is 1. The molecule has 3 aliphatic heterocycles. The molecule has 6 heterocycles. The van der Waals surface area contributed by atoms with Crippen LogP contribution in [0.4, 0.5) is 34.5 Å². The van der Waals surface area contributed by atoms with Gasteiger partial charge in [0.25, 0.3) is 0 Å². The van der Waals surface area contributed by atoms with Gasteiger partial charge in [0.15, 0.2) is 0 Å². The number of halogens is 1. The van der Waals surface area contributed by atoms with Crippen molar-refractivity contribution in [2.24, 2.45) is 0 Å². The molecule has 3 fully saturated rings. The number of methoxy groups -OCH3 is 1. The molecule has 340 valence electrons. The minimum atomic E-state index is -0.686. The van der Waals surface area contributed by atoms with Crippen LogP contribution in [0.15, 0.2) is 70.3 Å². The second-order valence-corrected chi connectivity index (χ2v) is 18.2. The number of rotatable bonds is 14. The molecule has 2 amide bonds. The molecule has 3 aromatic carbocycles. The number of hydrogen-bond acceptors (Lipinski definition) is 15. The monoisotopic (exact) mass is 963 g/mol. The lowest BCUT2D eigenvalue weighted by Gasteiger charge is -2.43. The van der Waals surface area contributed by atoms with E-state index in [9.17, 15) is 14.4 Å². The Morgan fingerprint density at radius 3 is 2.49 bits per heavy atom. The molecule has 3 aliphatic rings. The van der Waals surface area contributed by atoms with E-state index < -0.39 is 11.9 Å². The lowest BCUT2D eigenvalue weighted by atomic mass is 10.00. The van der Waals surface area contributed by atoms with Gasteiger partial charge in [0.1, 0.15) is 23.1 Å². The van der Waals surface area contributed by atoms with Gasteiger partial charge in [-0.2, -0.15) is 4.98 Å². The highest BCUT2D eigenvalue weighted by Crippen LogP contribution is 2.38. The van der Waals surface area contributed by atoms with Crippen molar-refractivity contribution in [2.75, 3.05) is 79.4 Å². The zero-order chi connectivity index (χ0) is 45.2. The number of hydrogen-bond donors (Lipinski definition) is 4. The fourth-order valence-electron chi connectivity index (χ4n) is 9.63. The first-order chi connectivity index (χ1) is 31.6. The number of para-hydroxylation sites is 1. The van der Waals surface area contributed by atoms with E-state index in [1.165, 1.54) is 17.6 Å². The number of nitrogens with zero attached hydrogens (tertiary/aromatic N) is 9. The molecular formula is C46H54BrN13O4S. The number of nitrogens with one attached hydrogen (secondary N) is 4. The number of ether oxygens (including phenoxy) is 1. The first-order valence-electron chi connectivity index (χ1n) is 22.2. The zero-order valence-corrected chi connectivity index (χ0v) is 39.5. The van der Waals surface area contributed by atoms with E-state index in [4.69, 9.17) is 9.72 Å². The van der Waals surface area contributed by atoms with Gasteiger partial charge in [0.2, 0.25) is 17.8 Å². The number of benzene rings is 3. The standard InChI is InChI=1S/C46H54BrN13O4S/c1-5-59-42-29(7-6-8-35(42)60(46(59)63)36-11-12-39(61)53-44(36)62)13-18-56-21-23-57(24-22-56)30-14-19-58(20-15-30)37-26-38(64-3)34(25-28(37)2)52-45-50-27-31(47)43(54-45)51-33-10-9-32-40(41(33)55-65-4)49-17-16-48-32/h6-10,16-17,25-27,30,36,55H,5,11-15,18-24H2,1-4H3,(H,53,61,62)(H2,50,51,52,54). The summed E-state index contributed by atoms with van der Waals surface area (Å²) in [7, 11) is 1.69. The Labute approximate surface area is 390 Å². The average Bonchev–Trinajstić information content (AvgIpc) is 3.61. The van der Waals surface area contributed by atoms with Crippen LogP contribution in [-0.4, -0.2) is 116 Å². The van der Waals surface area contributed by atoms with Crippen LogP contribution < -0.4 is 36.0 Å². The van der Waals surface area contributed by atoms with E-state index in [1.807, 2.05) is 37.4 Å². The molecule has 0 radical (unpaired) electrons. The first kappa shape index (κ1) is 44.4. The molecule has 19 heteroatoms. The number of carbonyl (C=O) groups is 2. The van der Waals surface area contributed by atoms with Crippen molar-refractivity contribution in [3.63, 3.8) is 0 Å². The molecule has 1 atom stereocenters. The summed E-state index contributed by atoms with van der Waals surface area (Å²) in [5.74, 6) is 1.03. The maximum Gasteiger partial charge on any atom is 0.329 e. The minimum absolute atomic E-state index is 0.199. The Hall–Kier alpha value is -5.76. The Kier molecular flexibility index (Phi) is 13.2. The van der Waals surface area contributed by atoms with Crippen molar-refractivity contribution < 1.29 is 14.3 Å². The van der Waals surface area contributed by atoms with Gasteiger partial charge < -0.3 is 29.9 Å². The Balaban J connectivity index is 0.802. The van der Waals surface area contributed by atoms with Crippen molar-refractivity contribution in [2.45, 2.75) is 64.6 Å². The van der Waals surface area contributed by atoms with Gasteiger partial charge in [0.05, 0.1) is 45.2 Å².